The number of hydrogen-bond acceptors (Lipinski definition) is 6. The van der Waals surface area contributed by atoms with Crippen molar-refractivity contribution in [3.63, 3.8) is 0 Å². The maximum Gasteiger partial charge on any atom is 0.328 e. The lowest BCUT2D eigenvalue weighted by atomic mass is 10.1. The Morgan fingerprint density at radius 2 is 2.00 bits per heavy atom. The summed E-state index contributed by atoms with van der Waals surface area (Å²) in [6.07, 6.45) is -0.0129. The highest BCUT2D eigenvalue weighted by Crippen LogP contribution is 2.25. The average molecular weight is 412 g/mol. The van der Waals surface area contributed by atoms with E-state index in [-0.39, 0.29) is 29.0 Å². The topological polar surface area (TPSA) is 114 Å². The molecule has 0 spiro atoms. The molecule has 0 radical (unpaired) electrons. The fourth-order valence-corrected chi connectivity index (χ4v) is 4.28. The Kier molecular flexibility index (Phi) is 6.81. The minimum absolute atomic E-state index is 0.0129. The summed E-state index contributed by atoms with van der Waals surface area (Å²) in [5.74, 6) is -0.177. The first kappa shape index (κ1) is 20.7. The van der Waals surface area contributed by atoms with Crippen LogP contribution in [0.2, 0.25) is 0 Å². The standard InChI is InChI=1S/C17H21N3O5S2/c1-11(13-6-7-26-10-13)19-16(21)9-12-4-5-14(25-3)15(8-12)27(23,24)20-17(22)18-2/h4-8,10-11H,9H2,1-3H3,(H,19,21)(H2,18,20,22). The zero-order chi connectivity index (χ0) is 20.0. The normalized spacial score (nSPS) is 12.1. The number of nitrogens with one attached hydrogen (secondary N) is 3. The highest BCUT2D eigenvalue weighted by atomic mass is 32.2. The van der Waals surface area contributed by atoms with Crippen LogP contribution in [0, 0.1) is 0 Å². The maximum absolute atomic E-state index is 12.4. The second-order valence-electron chi connectivity index (χ2n) is 5.69. The second kappa shape index (κ2) is 8.87. The van der Waals surface area contributed by atoms with Gasteiger partial charge in [0, 0.05) is 7.05 Å². The molecule has 0 aliphatic carbocycles. The molecule has 0 bridgehead atoms. The first-order chi connectivity index (χ1) is 12.8. The van der Waals surface area contributed by atoms with E-state index in [1.807, 2.05) is 28.5 Å². The van der Waals surface area contributed by atoms with Crippen molar-refractivity contribution in [2.24, 2.45) is 0 Å². The summed E-state index contributed by atoms with van der Waals surface area (Å²) in [4.78, 5) is 23.5. The van der Waals surface area contributed by atoms with Gasteiger partial charge in [0.15, 0.2) is 0 Å². The van der Waals surface area contributed by atoms with Gasteiger partial charge in [0.1, 0.15) is 10.6 Å². The second-order valence-corrected chi connectivity index (χ2v) is 8.12. The van der Waals surface area contributed by atoms with Gasteiger partial charge < -0.3 is 15.4 Å². The summed E-state index contributed by atoms with van der Waals surface area (Å²) in [5.41, 5.74) is 1.48. The van der Waals surface area contributed by atoms with E-state index in [0.29, 0.717) is 5.56 Å². The number of thiophene rings is 1. The lowest BCUT2D eigenvalue weighted by Crippen LogP contribution is -2.37. The van der Waals surface area contributed by atoms with Crippen LogP contribution in [0.3, 0.4) is 0 Å². The summed E-state index contributed by atoms with van der Waals surface area (Å²) in [7, 11) is -1.52. The largest absolute Gasteiger partial charge is 0.495 e. The van der Waals surface area contributed by atoms with Crippen LogP contribution in [0.1, 0.15) is 24.1 Å². The van der Waals surface area contributed by atoms with E-state index >= 15 is 0 Å². The van der Waals surface area contributed by atoms with Gasteiger partial charge in [-0.2, -0.15) is 11.3 Å². The van der Waals surface area contributed by atoms with E-state index in [1.165, 1.54) is 26.3 Å². The number of rotatable bonds is 7. The number of hydrogen-bond donors (Lipinski definition) is 3. The fourth-order valence-electron chi connectivity index (χ4n) is 2.35. The third kappa shape index (κ3) is 5.44. The minimum atomic E-state index is -4.15. The number of methoxy groups -OCH3 is 1. The van der Waals surface area contributed by atoms with Crippen molar-refractivity contribution < 1.29 is 22.7 Å². The number of ether oxygens (including phenoxy) is 1. The van der Waals surface area contributed by atoms with E-state index in [1.54, 1.807) is 17.4 Å². The van der Waals surface area contributed by atoms with Crippen molar-refractivity contribution in [1.29, 1.82) is 0 Å². The Labute approximate surface area is 162 Å². The molecule has 0 aliphatic rings. The van der Waals surface area contributed by atoms with Gasteiger partial charge >= 0.3 is 6.03 Å². The molecule has 1 atom stereocenters. The van der Waals surface area contributed by atoms with Crippen LogP contribution in [0.15, 0.2) is 39.9 Å². The lowest BCUT2D eigenvalue weighted by Gasteiger charge is -2.14. The molecule has 27 heavy (non-hydrogen) atoms. The van der Waals surface area contributed by atoms with Crippen LogP contribution >= 0.6 is 11.3 Å². The molecule has 3 N–H and O–H groups in total. The molecule has 0 saturated carbocycles. The predicted molar refractivity (Wildman–Crippen MR) is 102 cm³/mol. The average Bonchev–Trinajstić information content (AvgIpc) is 3.16. The molecule has 0 aliphatic heterocycles. The highest BCUT2D eigenvalue weighted by molar-refractivity contribution is 7.90. The number of urea groups is 1. The minimum Gasteiger partial charge on any atom is -0.495 e. The molecular formula is C17H21N3O5S2. The summed E-state index contributed by atoms with van der Waals surface area (Å²) < 4.78 is 31.7. The monoisotopic (exact) mass is 411 g/mol. The Balaban J connectivity index is 2.18. The van der Waals surface area contributed by atoms with Crippen molar-refractivity contribution in [1.82, 2.24) is 15.4 Å². The first-order valence-electron chi connectivity index (χ1n) is 7.99. The molecular weight excluding hydrogens is 390 g/mol. The Hall–Kier alpha value is -2.59. The Morgan fingerprint density at radius 3 is 2.59 bits per heavy atom. The van der Waals surface area contributed by atoms with Crippen molar-refractivity contribution in [2.45, 2.75) is 24.3 Å². The third-order valence-corrected chi connectivity index (χ3v) is 5.81. The SMILES string of the molecule is CNC(=O)NS(=O)(=O)c1cc(CC(=O)NC(C)c2ccsc2)ccc1OC. The molecule has 1 heterocycles. The van der Waals surface area contributed by atoms with Gasteiger partial charge in [0.2, 0.25) is 5.91 Å². The van der Waals surface area contributed by atoms with Crippen molar-refractivity contribution in [3.05, 3.63) is 46.2 Å². The molecule has 1 aromatic heterocycles. The maximum atomic E-state index is 12.4. The van der Waals surface area contributed by atoms with E-state index in [0.717, 1.165) is 5.56 Å². The molecule has 0 fully saturated rings. The first-order valence-corrected chi connectivity index (χ1v) is 10.4. The lowest BCUT2D eigenvalue weighted by molar-refractivity contribution is -0.121. The van der Waals surface area contributed by atoms with Gasteiger partial charge in [-0.1, -0.05) is 6.07 Å². The van der Waals surface area contributed by atoms with Crippen LogP contribution in [-0.4, -0.2) is 34.5 Å². The zero-order valence-corrected chi connectivity index (χ0v) is 16.7. The van der Waals surface area contributed by atoms with Crippen LogP contribution in [0.5, 0.6) is 5.75 Å². The van der Waals surface area contributed by atoms with Crippen molar-refractivity contribution in [2.75, 3.05) is 14.2 Å². The third-order valence-electron chi connectivity index (χ3n) is 3.76. The Bertz CT molecular complexity index is 911. The summed E-state index contributed by atoms with van der Waals surface area (Å²) >= 11 is 1.54. The number of carbonyl (C=O) groups excluding carboxylic acids is 2. The zero-order valence-electron chi connectivity index (χ0n) is 15.1. The quantitative estimate of drug-likeness (QED) is 0.643. The summed E-state index contributed by atoms with van der Waals surface area (Å²) in [5, 5.41) is 8.92. The van der Waals surface area contributed by atoms with E-state index in [4.69, 9.17) is 4.74 Å². The Morgan fingerprint density at radius 1 is 1.26 bits per heavy atom. The van der Waals surface area contributed by atoms with Gasteiger partial charge in [0.25, 0.3) is 10.0 Å². The smallest absolute Gasteiger partial charge is 0.328 e. The molecule has 1 unspecified atom stereocenters. The number of carbonyl (C=O) groups is 2. The van der Waals surface area contributed by atoms with Crippen LogP contribution in [0.4, 0.5) is 4.79 Å². The van der Waals surface area contributed by atoms with E-state index < -0.39 is 16.1 Å². The number of benzene rings is 1. The summed E-state index contributed by atoms with van der Waals surface area (Å²) in [6, 6.07) is 5.28. The van der Waals surface area contributed by atoms with Crippen molar-refractivity contribution >= 4 is 33.3 Å². The molecule has 2 rings (SSSR count). The predicted octanol–water partition coefficient (Wildman–Crippen LogP) is 1.79. The van der Waals surface area contributed by atoms with Crippen LogP contribution in [0.25, 0.3) is 0 Å². The molecule has 2 aromatic rings. The van der Waals surface area contributed by atoms with Gasteiger partial charge in [-0.3, -0.25) is 4.79 Å². The van der Waals surface area contributed by atoms with Gasteiger partial charge in [0.05, 0.1) is 19.6 Å². The molecule has 1 aromatic carbocycles. The van der Waals surface area contributed by atoms with Crippen LogP contribution < -0.4 is 20.1 Å². The summed E-state index contributed by atoms with van der Waals surface area (Å²) in [6.45, 7) is 1.87. The van der Waals surface area contributed by atoms with Crippen LogP contribution in [-0.2, 0) is 21.2 Å². The van der Waals surface area contributed by atoms with E-state index in [2.05, 4.69) is 10.6 Å². The molecule has 8 nitrogen and oxygen atoms in total. The van der Waals surface area contributed by atoms with Crippen molar-refractivity contribution in [3.8, 4) is 5.75 Å². The van der Waals surface area contributed by atoms with E-state index in [9.17, 15) is 18.0 Å². The molecule has 3 amide bonds. The molecule has 0 saturated heterocycles. The molecule has 146 valence electrons. The molecule has 10 heteroatoms. The number of sulfonamides is 1. The fraction of sp³-hybridized carbons (Fsp3) is 0.294. The highest BCUT2D eigenvalue weighted by Gasteiger charge is 2.23. The van der Waals surface area contributed by atoms with Gasteiger partial charge in [-0.25, -0.2) is 17.9 Å². The van der Waals surface area contributed by atoms with Gasteiger partial charge in [-0.05, 0) is 47.0 Å². The van der Waals surface area contributed by atoms with Gasteiger partial charge in [-0.15, -0.1) is 0 Å². The number of amides is 3.